The van der Waals surface area contributed by atoms with Gasteiger partial charge in [0.2, 0.25) is 59.1 Å². The Morgan fingerprint density at radius 3 is 0.721 bits per heavy atom. The summed E-state index contributed by atoms with van der Waals surface area (Å²) in [6, 6.07) is 3.88. The molecule has 0 saturated heterocycles. The Balaban J connectivity index is 0.820. The minimum Gasteiger partial charge on any atom is -0.462 e. The lowest BCUT2D eigenvalue weighted by Crippen LogP contribution is -2.72. The Morgan fingerprint density at radius 1 is 0.294 bits per heavy atom. The first-order valence-corrected chi connectivity index (χ1v) is 50.5. The van der Waals surface area contributed by atoms with Crippen molar-refractivity contribution in [1.29, 1.82) is 0 Å². The normalized spacial score (nSPS) is 20.3. The number of esters is 2. The van der Waals surface area contributed by atoms with Crippen molar-refractivity contribution in [2.24, 2.45) is 11.8 Å². The van der Waals surface area contributed by atoms with Crippen LogP contribution in [0.5, 0.6) is 0 Å². The third kappa shape index (κ3) is 28.0. The lowest BCUT2D eigenvalue weighted by molar-refractivity contribution is -0.154. The Hall–Kier alpha value is -9.36. The highest BCUT2D eigenvalue weighted by atomic mass is 16.6. The molecule has 2 aromatic heterocycles. The summed E-state index contributed by atoms with van der Waals surface area (Å²) in [6.45, 7) is 16.0. The average Bonchev–Trinajstić information content (AvgIpc) is 0.756. The highest BCUT2D eigenvalue weighted by molar-refractivity contribution is 6.09. The topological polar surface area (TPSA) is 483 Å². The van der Waals surface area contributed by atoms with Gasteiger partial charge < -0.3 is 102 Å². The van der Waals surface area contributed by atoms with Crippen molar-refractivity contribution in [3.8, 4) is 11.4 Å². The number of carbonyl (C=O) groups excluding carboxylic acids is 14. The van der Waals surface area contributed by atoms with Gasteiger partial charge in [-0.3, -0.25) is 67.5 Å². The van der Waals surface area contributed by atoms with Gasteiger partial charge in [0.1, 0.15) is 92.1 Å². The smallest absolute Gasteiger partial charge is 0.331 e. The Bertz CT molecular complexity index is 4100. The van der Waals surface area contributed by atoms with Crippen LogP contribution in [0.1, 0.15) is 333 Å². The fourth-order valence-electron chi connectivity index (χ4n) is 20.8. The van der Waals surface area contributed by atoms with Gasteiger partial charge in [-0.2, -0.15) is 0 Å². The number of ether oxygens (including phenoxy) is 8. The molecule has 12 N–H and O–H groups in total. The summed E-state index contributed by atoms with van der Waals surface area (Å²) in [5.74, 6) is -9.63. The van der Waals surface area contributed by atoms with E-state index in [0.29, 0.717) is 142 Å². The van der Waals surface area contributed by atoms with Crippen molar-refractivity contribution in [1.82, 2.24) is 73.8 Å². The number of nitrogens with one attached hydrogen (secondary N) is 12. The zero-order valence-electron chi connectivity index (χ0n) is 82.4. The van der Waals surface area contributed by atoms with Crippen LogP contribution >= 0.6 is 0 Å². The summed E-state index contributed by atoms with van der Waals surface area (Å²) < 4.78 is 42.8. The molecule has 2 heterocycles. The van der Waals surface area contributed by atoms with Crippen LogP contribution in [0.15, 0.2) is 36.7 Å². The number of methoxy groups -OCH3 is 2. The van der Waals surface area contributed by atoms with Crippen LogP contribution in [0.25, 0.3) is 11.4 Å². The van der Waals surface area contributed by atoms with Crippen LogP contribution in [-0.4, -0.2) is 254 Å². The van der Waals surface area contributed by atoms with E-state index in [0.717, 1.165) is 51.4 Å². The van der Waals surface area contributed by atoms with Crippen molar-refractivity contribution in [3.05, 3.63) is 47.8 Å². The molecule has 0 bridgehead atoms. The molecule has 12 amide bonds. The number of rotatable bonds is 47. The summed E-state index contributed by atoms with van der Waals surface area (Å²) in [7, 11) is 3.15. The summed E-state index contributed by atoms with van der Waals surface area (Å²) in [4.78, 5) is 220. The fraction of sp³-hybridized carbons (Fsp3) is 0.760. The number of nitrogens with zero attached hydrogens (tertiary/aromatic N) is 2. The van der Waals surface area contributed by atoms with Gasteiger partial charge >= 0.3 is 11.9 Å². The molecular formula is C100H156N14O22. The molecule has 8 aliphatic rings. The summed E-state index contributed by atoms with van der Waals surface area (Å²) in [6.07, 6.45) is 21.6. The molecule has 36 heteroatoms. The van der Waals surface area contributed by atoms with Crippen molar-refractivity contribution in [2.75, 3.05) is 93.5 Å². The van der Waals surface area contributed by atoms with Crippen LogP contribution in [0, 0.1) is 11.8 Å². The third-order valence-corrected chi connectivity index (χ3v) is 29.2. The first-order valence-electron chi connectivity index (χ1n) is 50.5. The maximum Gasteiger partial charge on any atom is 0.331 e. The van der Waals surface area contributed by atoms with Gasteiger partial charge in [-0.25, -0.2) is 9.59 Å². The predicted molar refractivity (Wildman–Crippen MR) is 505 cm³/mol. The molecular weight excluding hydrogens is 1750 g/mol. The van der Waals surface area contributed by atoms with Crippen molar-refractivity contribution in [2.45, 2.75) is 380 Å². The van der Waals surface area contributed by atoms with Gasteiger partial charge in [0.15, 0.2) is 0 Å². The monoisotopic (exact) mass is 1910 g/mol. The Labute approximate surface area is 801 Å². The first kappa shape index (κ1) is 109. The molecule has 0 unspecified atom stereocenters. The maximum atomic E-state index is 15.8. The van der Waals surface area contributed by atoms with Gasteiger partial charge in [0.05, 0.1) is 77.2 Å². The quantitative estimate of drug-likeness (QED) is 0.0218. The van der Waals surface area contributed by atoms with E-state index >= 15 is 47.9 Å². The molecule has 758 valence electrons. The number of hydrogen-bond acceptors (Lipinski definition) is 24. The predicted octanol–water partition coefficient (Wildman–Crippen LogP) is 8.44. The minimum atomic E-state index is -1.58. The lowest BCUT2D eigenvalue weighted by atomic mass is 9.74. The average molecular weight is 1910 g/mol. The summed E-state index contributed by atoms with van der Waals surface area (Å²) >= 11 is 0. The largest absolute Gasteiger partial charge is 0.462 e. The molecule has 136 heavy (non-hydrogen) atoms. The van der Waals surface area contributed by atoms with E-state index in [-0.39, 0.29) is 165 Å². The van der Waals surface area contributed by atoms with E-state index < -0.39 is 162 Å². The van der Waals surface area contributed by atoms with Crippen LogP contribution in [0.4, 0.5) is 0 Å². The van der Waals surface area contributed by atoms with Crippen molar-refractivity contribution in [3.63, 3.8) is 0 Å². The molecule has 2 aromatic rings. The maximum absolute atomic E-state index is 15.8. The second kappa shape index (κ2) is 50.5. The van der Waals surface area contributed by atoms with Gasteiger partial charge in [0, 0.05) is 26.6 Å². The van der Waals surface area contributed by atoms with E-state index in [9.17, 15) is 19.2 Å². The van der Waals surface area contributed by atoms with Crippen molar-refractivity contribution < 1.29 is 105 Å². The van der Waals surface area contributed by atoms with Crippen LogP contribution in [0.3, 0.4) is 0 Å². The first-order chi connectivity index (χ1) is 65.1. The van der Waals surface area contributed by atoms with E-state index in [1.54, 1.807) is 54.0 Å². The van der Waals surface area contributed by atoms with E-state index in [1.165, 1.54) is 52.2 Å². The van der Waals surface area contributed by atoms with Crippen LogP contribution in [-0.2, 0) is 95.4 Å². The summed E-state index contributed by atoms with van der Waals surface area (Å²) in [5, 5.41) is 37.1. The molecule has 0 aliphatic heterocycles. The Morgan fingerprint density at radius 2 is 0.500 bits per heavy atom. The molecule has 8 aliphatic carbocycles. The molecule has 8 fully saturated rings. The number of carbonyl (C=O) groups is 14. The molecule has 0 spiro atoms. The highest BCUT2D eigenvalue weighted by Gasteiger charge is 2.57. The van der Waals surface area contributed by atoms with E-state index in [1.807, 2.05) is 0 Å². The van der Waals surface area contributed by atoms with E-state index in [4.69, 9.17) is 47.9 Å². The third-order valence-electron chi connectivity index (χ3n) is 29.2. The second-order valence-electron chi connectivity index (χ2n) is 40.9. The number of amides is 12. The zero-order valence-corrected chi connectivity index (χ0v) is 82.4. The van der Waals surface area contributed by atoms with Crippen LogP contribution in [0.2, 0.25) is 0 Å². The van der Waals surface area contributed by atoms with Crippen LogP contribution < -0.4 is 63.8 Å². The molecule has 2 atom stereocenters. The second-order valence-corrected chi connectivity index (χ2v) is 40.9. The Kier molecular flexibility index (Phi) is 40.3. The van der Waals surface area contributed by atoms with Crippen molar-refractivity contribution >= 4 is 82.8 Å². The number of pyridine rings is 2. The molecule has 36 nitrogen and oxygen atoms in total. The van der Waals surface area contributed by atoms with Gasteiger partial charge in [-0.05, 0) is 167 Å². The SMILES string of the molecule is COCCOCCOCCOC(=O)C(C)(C)NC(=O)[C@@H](NC(=O)C1(NC(=O)C2(NC(=O)C3(NC(=O)C4(NC(=O)c5cccnc5-c5ncccc5C(=O)NC5(C(=O)NC6(C(=O)NC7(C(=O)NC8(C(=O)N[C@H](C(=O)NC(C)(C)C(=O)OCCOCCOCCOC)C(C)C)CCCCC8)CCCCC7)CCCCC6)CCCCC5)CCCCC4)CCCCC3)CCCCC2)CCCCC1)C(C)C. The molecule has 0 aromatic carbocycles. The standard InChI is InChI=1S/C100H156N14O22/c1-69(2)73(79(117)105-91(5,6)89(127)135-67-65-133-63-61-131-59-57-129-9)103-81(119)93(39-19-11-20-40-93)109-85(123)97(47-27-15-28-48-97)113-87(125)99(51-31-17-32-52-99)111-83(121)95(43-23-13-24-44-95)107-77(115)71-37-35-55-101-75(71)76-72(38-36-56-102-76)78(116)108-96(45-25-14-26-46-96)84(122)112-100(53-33-18-34-54-100)88(126)114-98(49-29-16-30-50-98)86(124)110-94(41-21-12-22-42-94)82(120)104-74(70(3)4)80(118)106-92(7,8)90(128)136-68-66-134-64-62-132-60-58-130-10/h35-38,55-56,69-70,73-74H,11-34,39-54,57-68H2,1-10H3,(H,103,119)(H,104,120)(H,105,117)(H,106,118)(H,107,115)(H,108,116)(H,109,123)(H,110,124)(H,111,121)(H,112,122)(H,113,125)(H,114,126)/t73-,74-/m0/s1. The van der Waals surface area contributed by atoms with Gasteiger partial charge in [-0.1, -0.05) is 182 Å². The van der Waals surface area contributed by atoms with Gasteiger partial charge in [0.25, 0.3) is 11.8 Å². The van der Waals surface area contributed by atoms with Gasteiger partial charge in [-0.15, -0.1) is 0 Å². The molecule has 8 saturated carbocycles. The minimum absolute atomic E-state index is 0.00293. The number of aromatic nitrogens is 2. The molecule has 0 radical (unpaired) electrons. The summed E-state index contributed by atoms with van der Waals surface area (Å²) in [5.41, 5.74) is -15.4. The zero-order chi connectivity index (χ0) is 98.3. The number of hydrogen-bond donors (Lipinski definition) is 12. The fourth-order valence-corrected chi connectivity index (χ4v) is 20.8. The highest BCUT2D eigenvalue weighted by Crippen LogP contribution is 2.42. The lowest BCUT2D eigenvalue weighted by Gasteiger charge is -2.46. The molecule has 10 rings (SSSR count). The van der Waals surface area contributed by atoms with E-state index in [2.05, 4.69) is 63.8 Å².